The normalized spacial score (nSPS) is 10.5. The Morgan fingerprint density at radius 2 is 0.496 bits per heavy atom. The van der Waals surface area contributed by atoms with Crippen molar-refractivity contribution in [1.82, 2.24) is 9.97 Å². The molecule has 5 heteroatoms. The highest BCUT2D eigenvalue weighted by Gasteiger charge is 2.13. The molecule has 0 amide bonds. The van der Waals surface area contributed by atoms with Crippen LogP contribution in [0.15, 0.2) is 522 Å². The zero-order chi connectivity index (χ0) is 83.1. The molecule has 19 aromatic carbocycles. The quantitative estimate of drug-likeness (QED) is 0.0753. The Labute approximate surface area is 723 Å². The van der Waals surface area contributed by atoms with Crippen LogP contribution in [-0.2, 0) is 12.8 Å². The Morgan fingerprint density at radius 1 is 0.171 bits per heavy atom. The van der Waals surface area contributed by atoms with Crippen molar-refractivity contribution in [1.29, 1.82) is 0 Å². The molecule has 0 spiro atoms. The monoisotopic (exact) mass is 1580 g/mol. The average molecular weight is 1580 g/mol. The van der Waals surface area contributed by atoms with Crippen LogP contribution < -0.4 is 16.0 Å². The van der Waals surface area contributed by atoms with Crippen molar-refractivity contribution in [2.45, 2.75) is 12.8 Å². The van der Waals surface area contributed by atoms with E-state index in [1.807, 2.05) is 84.9 Å². The van der Waals surface area contributed by atoms with E-state index in [1.54, 1.807) is 12.4 Å². The lowest BCUT2D eigenvalue weighted by Gasteiger charge is -2.14. The van der Waals surface area contributed by atoms with Gasteiger partial charge in [0.1, 0.15) is 5.82 Å². The van der Waals surface area contributed by atoms with E-state index in [2.05, 4.69) is 451 Å². The summed E-state index contributed by atoms with van der Waals surface area (Å²) in [5, 5.41) is 12.6. The smallest absolute Gasteiger partial charge is 0.148 e. The molecule has 20 aromatic rings. The second-order valence-corrected chi connectivity index (χ2v) is 29.9. The van der Waals surface area contributed by atoms with E-state index in [0.29, 0.717) is 0 Å². The molecule has 0 atom stereocenters. The van der Waals surface area contributed by atoms with Gasteiger partial charge in [-0.05, 0) is 196 Å². The number of anilines is 6. The van der Waals surface area contributed by atoms with Crippen molar-refractivity contribution in [3.8, 4) is 100 Å². The van der Waals surface area contributed by atoms with E-state index in [0.717, 1.165) is 58.4 Å². The lowest BCUT2D eigenvalue weighted by molar-refractivity contribution is 1.19. The number of nitrogens with one attached hydrogen (secondary N) is 3. The molecule has 0 aliphatic rings. The predicted molar refractivity (Wildman–Crippen MR) is 522 cm³/mol. The van der Waals surface area contributed by atoms with Crippen molar-refractivity contribution in [2.24, 2.45) is 0 Å². The largest absolute Gasteiger partial charge is 0.356 e. The summed E-state index contributed by atoms with van der Waals surface area (Å²) in [6, 6.07) is 178. The third-order valence-electron chi connectivity index (χ3n) is 21.3. The first kappa shape index (κ1) is 80.7. The summed E-state index contributed by atoms with van der Waals surface area (Å²) >= 11 is 0. The van der Waals surface area contributed by atoms with E-state index in [9.17, 15) is 0 Å². The number of hydrogen-bond acceptors (Lipinski definition) is 5. The summed E-state index contributed by atoms with van der Waals surface area (Å²) in [5.41, 5.74) is 32.7. The van der Waals surface area contributed by atoms with Crippen LogP contribution in [0.1, 0.15) is 22.3 Å². The maximum atomic E-state index is 4.50. The van der Waals surface area contributed by atoms with Gasteiger partial charge in [0, 0.05) is 39.4 Å². The van der Waals surface area contributed by atoms with Crippen LogP contribution >= 0.6 is 0 Å². The Bertz CT molecular complexity index is 6530. The molecule has 123 heavy (non-hydrogen) atoms. The molecule has 0 saturated carbocycles. The van der Waals surface area contributed by atoms with Crippen LogP contribution in [0.5, 0.6) is 0 Å². The van der Waals surface area contributed by atoms with Crippen LogP contribution in [0.4, 0.5) is 34.3 Å². The summed E-state index contributed by atoms with van der Waals surface area (Å²) in [4.78, 5) is 8.98. The molecule has 20 rings (SSSR count). The molecule has 0 radical (unpaired) electrons. The van der Waals surface area contributed by atoms with Crippen LogP contribution in [0, 0.1) is 0 Å². The van der Waals surface area contributed by atoms with Gasteiger partial charge in [-0.2, -0.15) is 0 Å². The second-order valence-electron chi connectivity index (χ2n) is 29.9. The summed E-state index contributed by atoms with van der Waals surface area (Å²) in [5.74, 6) is 0.737. The van der Waals surface area contributed by atoms with Gasteiger partial charge in [0.25, 0.3) is 0 Å². The van der Waals surface area contributed by atoms with Gasteiger partial charge in [-0.15, -0.1) is 0 Å². The topological polar surface area (TPSA) is 61.9 Å². The van der Waals surface area contributed by atoms with Crippen molar-refractivity contribution < 1.29 is 0 Å². The highest BCUT2D eigenvalue weighted by Crippen LogP contribution is 2.38. The summed E-state index contributed by atoms with van der Waals surface area (Å²) in [7, 11) is 0. The van der Waals surface area contributed by atoms with Gasteiger partial charge in [0.05, 0.1) is 18.1 Å². The SMILES string of the molecule is c1ccc(-c2cnc(Nc3cccc4ccccc34)cn2)cc1.c1ccc(Cc2cc(-c3ccccc3)cc(-c3ccccc3)c2)cc1.c1ccc(Cc2ccc(-c3cccc(-c4ccccc4)c3)cc2)cc1.c1ccc(Nc2ccc(-c3ccccc3)c(-c3ccccc3)c2)cc1.c1ccc(Nc2ccc(-c3ccccc3-c3ccccc3)cc2)cc1. The van der Waals surface area contributed by atoms with Crippen LogP contribution in [0.25, 0.3) is 111 Å². The van der Waals surface area contributed by atoms with Crippen molar-refractivity contribution in [3.05, 3.63) is 544 Å². The second kappa shape index (κ2) is 41.8. The lowest BCUT2D eigenvalue weighted by Crippen LogP contribution is -1.96. The first-order valence-corrected chi connectivity index (χ1v) is 41.8. The van der Waals surface area contributed by atoms with Gasteiger partial charge < -0.3 is 16.0 Å². The predicted octanol–water partition coefficient (Wildman–Crippen LogP) is 31.8. The van der Waals surface area contributed by atoms with E-state index in [1.165, 1.54) is 122 Å². The van der Waals surface area contributed by atoms with Crippen LogP contribution in [0.3, 0.4) is 0 Å². The molecule has 590 valence electrons. The number of fused-ring (bicyclic) bond motifs is 1. The number of para-hydroxylation sites is 2. The van der Waals surface area contributed by atoms with Crippen LogP contribution in [0.2, 0.25) is 0 Å². The van der Waals surface area contributed by atoms with Crippen molar-refractivity contribution >= 4 is 45.0 Å². The molecule has 3 N–H and O–H groups in total. The minimum Gasteiger partial charge on any atom is -0.356 e. The Hall–Kier alpha value is -16.1. The minimum absolute atomic E-state index is 0.737. The Kier molecular flexibility index (Phi) is 27.5. The fraction of sp³-hybridized carbons (Fsp3) is 0.0169. The molecule has 0 aliphatic carbocycles. The maximum Gasteiger partial charge on any atom is 0.148 e. The van der Waals surface area contributed by atoms with E-state index >= 15 is 0 Å². The standard InChI is InChI=1S/2C25H20.2C24H19N.C20H15N3/c1-4-10-20(11-5-1)16-21-17-24(22-12-6-2-7-13-22)19-25(18-21)23-14-8-3-9-15-23;1-3-8-20(9-4-1)18-21-14-16-23(17-15-21)25-13-7-12-24(19-25)22-10-5-2-6-11-22;1-4-10-19(11-5-1)23-17-16-22(25-21-14-8-3-9-15-21)18-24(23)20-12-6-2-7-13-20;1-3-9-19(10-4-1)23-13-7-8-14-24(23)20-15-17-22(18-16-20)25-21-11-5-2-6-12-21;1-2-8-16(9-3-1)19-13-22-20(14-21-19)23-18-12-6-10-15-7-4-5-11-17(15)18/h1-15,17-19H,16H2;1-17,19H,18H2;2*1-18,25H;1-14H,(H,22,23). The first-order valence-electron chi connectivity index (χ1n) is 41.8. The first-order chi connectivity index (χ1) is 61.0. The molecule has 0 bridgehead atoms. The van der Waals surface area contributed by atoms with Crippen molar-refractivity contribution in [2.75, 3.05) is 16.0 Å². The molecule has 1 heterocycles. The minimum atomic E-state index is 0.737. The fourth-order valence-corrected chi connectivity index (χ4v) is 15.1. The average Bonchev–Trinajstić information content (AvgIpc) is 0.806. The van der Waals surface area contributed by atoms with Gasteiger partial charge >= 0.3 is 0 Å². The zero-order valence-corrected chi connectivity index (χ0v) is 68.5. The van der Waals surface area contributed by atoms with Gasteiger partial charge in [-0.1, -0.05) is 443 Å². The number of nitrogens with zero attached hydrogens (tertiary/aromatic N) is 2. The highest BCUT2D eigenvalue weighted by molar-refractivity contribution is 5.95. The third kappa shape index (κ3) is 22.6. The number of rotatable bonds is 19. The van der Waals surface area contributed by atoms with Gasteiger partial charge in [-0.25, -0.2) is 4.98 Å². The molecule has 0 fully saturated rings. The molecule has 5 nitrogen and oxygen atoms in total. The fourth-order valence-electron chi connectivity index (χ4n) is 15.1. The summed E-state index contributed by atoms with van der Waals surface area (Å²) < 4.78 is 0. The van der Waals surface area contributed by atoms with Crippen LogP contribution in [-0.4, -0.2) is 9.97 Å². The van der Waals surface area contributed by atoms with E-state index < -0.39 is 0 Å². The molecule has 0 saturated heterocycles. The third-order valence-corrected chi connectivity index (χ3v) is 21.3. The van der Waals surface area contributed by atoms with E-state index in [4.69, 9.17) is 0 Å². The Morgan fingerprint density at radius 3 is 0.984 bits per heavy atom. The number of benzene rings is 19. The zero-order valence-electron chi connectivity index (χ0n) is 68.5. The van der Waals surface area contributed by atoms with Crippen molar-refractivity contribution in [3.63, 3.8) is 0 Å². The van der Waals surface area contributed by atoms with Gasteiger partial charge in [-0.3, -0.25) is 4.98 Å². The summed E-state index contributed by atoms with van der Waals surface area (Å²) in [6.45, 7) is 0. The number of hydrogen-bond donors (Lipinski definition) is 3. The number of aromatic nitrogens is 2. The van der Waals surface area contributed by atoms with E-state index in [-0.39, 0.29) is 0 Å². The summed E-state index contributed by atoms with van der Waals surface area (Å²) in [6.07, 6.45) is 5.49. The Balaban J connectivity index is 0.000000114. The maximum absolute atomic E-state index is 4.50. The molecular formula is C118H93N5. The highest BCUT2D eigenvalue weighted by atomic mass is 15.0. The molecule has 1 aromatic heterocycles. The molecule has 0 aliphatic heterocycles. The lowest BCUT2D eigenvalue weighted by atomic mass is 9.93. The molecular weight excluding hydrogens is 1490 g/mol. The van der Waals surface area contributed by atoms with Gasteiger partial charge in [0.15, 0.2) is 0 Å². The van der Waals surface area contributed by atoms with Gasteiger partial charge in [0.2, 0.25) is 0 Å². The molecule has 0 unspecified atom stereocenters.